The molecule has 0 heterocycles. The summed E-state index contributed by atoms with van der Waals surface area (Å²) in [7, 11) is 1.63. The van der Waals surface area contributed by atoms with E-state index in [0.29, 0.717) is 5.75 Å². The molecule has 1 N–H and O–H groups in total. The molecule has 2 aromatic carbocycles. The quantitative estimate of drug-likeness (QED) is 0.906. The van der Waals surface area contributed by atoms with Crippen LogP contribution >= 0.6 is 0 Å². The van der Waals surface area contributed by atoms with Crippen molar-refractivity contribution in [2.45, 2.75) is 6.04 Å². The summed E-state index contributed by atoms with van der Waals surface area (Å²) in [6.45, 7) is 0.0997. The molecule has 0 amide bonds. The number of likely N-dealkylation sites (N-methyl/N-ethyl adjacent to an activating group) is 1. The van der Waals surface area contributed by atoms with Crippen molar-refractivity contribution in [3.05, 3.63) is 65.5 Å². The highest BCUT2D eigenvalue weighted by Gasteiger charge is 2.17. The summed E-state index contributed by atoms with van der Waals surface area (Å²) in [5.74, 6) is -1.69. The van der Waals surface area contributed by atoms with E-state index in [1.165, 1.54) is 36.4 Å². The van der Waals surface area contributed by atoms with E-state index >= 15 is 0 Å². The summed E-state index contributed by atoms with van der Waals surface area (Å²) in [6, 6.07) is 8.99. The maximum Gasteiger partial charge on any atom is 0.163 e. The highest BCUT2D eigenvalue weighted by molar-refractivity contribution is 5.25. The summed E-state index contributed by atoms with van der Waals surface area (Å²) in [5, 5.41) is 2.86. The zero-order valence-electron chi connectivity index (χ0n) is 10.9. The van der Waals surface area contributed by atoms with Crippen LogP contribution in [-0.4, -0.2) is 13.7 Å². The van der Waals surface area contributed by atoms with Crippen molar-refractivity contribution in [2.75, 3.05) is 13.7 Å². The number of hydrogen-bond donors (Lipinski definition) is 1. The van der Waals surface area contributed by atoms with Gasteiger partial charge < -0.3 is 10.1 Å². The Bertz CT molecular complexity index is 572. The number of benzene rings is 2. The molecule has 1 atom stereocenters. The van der Waals surface area contributed by atoms with Crippen molar-refractivity contribution < 1.29 is 17.9 Å². The van der Waals surface area contributed by atoms with Gasteiger partial charge in [-0.25, -0.2) is 13.2 Å². The lowest BCUT2D eigenvalue weighted by atomic mass is 10.1. The molecule has 0 saturated heterocycles. The molecule has 106 valence electrons. The van der Waals surface area contributed by atoms with Gasteiger partial charge in [0.2, 0.25) is 0 Å². The van der Waals surface area contributed by atoms with E-state index in [4.69, 9.17) is 4.74 Å². The topological polar surface area (TPSA) is 21.3 Å². The van der Waals surface area contributed by atoms with Gasteiger partial charge >= 0.3 is 0 Å². The summed E-state index contributed by atoms with van der Waals surface area (Å²) < 4.78 is 45.1. The third-order valence-electron chi connectivity index (χ3n) is 2.94. The highest BCUT2D eigenvalue weighted by Crippen LogP contribution is 2.21. The second-order valence-electron chi connectivity index (χ2n) is 4.25. The van der Waals surface area contributed by atoms with Crippen LogP contribution in [0.1, 0.15) is 11.6 Å². The predicted octanol–water partition coefficient (Wildman–Crippen LogP) is 3.44. The van der Waals surface area contributed by atoms with Crippen LogP contribution in [0, 0.1) is 17.5 Å². The van der Waals surface area contributed by atoms with Crippen molar-refractivity contribution in [3.8, 4) is 5.75 Å². The Hall–Kier alpha value is -2.01. The molecule has 1 unspecified atom stereocenters. The number of rotatable bonds is 5. The molecule has 20 heavy (non-hydrogen) atoms. The van der Waals surface area contributed by atoms with Crippen LogP contribution in [0.3, 0.4) is 0 Å². The van der Waals surface area contributed by atoms with Gasteiger partial charge in [-0.15, -0.1) is 0 Å². The monoisotopic (exact) mass is 281 g/mol. The lowest BCUT2D eigenvalue weighted by molar-refractivity contribution is 0.268. The SMILES string of the molecule is CNC(COc1ccc(F)cc1)c1cccc(F)c1F. The number of halogens is 3. The molecule has 0 radical (unpaired) electrons. The van der Waals surface area contributed by atoms with Gasteiger partial charge in [0.05, 0.1) is 6.04 Å². The van der Waals surface area contributed by atoms with E-state index < -0.39 is 17.7 Å². The zero-order chi connectivity index (χ0) is 14.5. The molecule has 0 aliphatic rings. The Morgan fingerprint density at radius 3 is 2.40 bits per heavy atom. The van der Waals surface area contributed by atoms with Crippen molar-refractivity contribution in [2.24, 2.45) is 0 Å². The van der Waals surface area contributed by atoms with E-state index in [1.807, 2.05) is 0 Å². The fraction of sp³-hybridized carbons (Fsp3) is 0.200. The second-order valence-corrected chi connectivity index (χ2v) is 4.25. The van der Waals surface area contributed by atoms with Gasteiger partial charge in [-0.1, -0.05) is 12.1 Å². The Morgan fingerprint density at radius 2 is 1.75 bits per heavy atom. The predicted molar refractivity (Wildman–Crippen MR) is 70.1 cm³/mol. The van der Waals surface area contributed by atoms with Gasteiger partial charge in [0, 0.05) is 5.56 Å². The van der Waals surface area contributed by atoms with E-state index in [2.05, 4.69) is 5.32 Å². The van der Waals surface area contributed by atoms with E-state index in [0.717, 1.165) is 6.07 Å². The summed E-state index contributed by atoms with van der Waals surface area (Å²) in [4.78, 5) is 0. The molecule has 2 nitrogen and oxygen atoms in total. The first-order valence-corrected chi connectivity index (χ1v) is 6.11. The van der Waals surface area contributed by atoms with E-state index in [-0.39, 0.29) is 18.0 Å². The molecule has 0 aliphatic heterocycles. The Morgan fingerprint density at radius 1 is 1.05 bits per heavy atom. The van der Waals surface area contributed by atoms with E-state index in [1.54, 1.807) is 7.05 Å². The largest absolute Gasteiger partial charge is 0.492 e. The van der Waals surface area contributed by atoms with E-state index in [9.17, 15) is 13.2 Å². The first kappa shape index (κ1) is 14.4. The lowest BCUT2D eigenvalue weighted by Crippen LogP contribution is -2.24. The van der Waals surface area contributed by atoms with Gasteiger partial charge in [0.25, 0.3) is 0 Å². The molecule has 0 saturated carbocycles. The second kappa shape index (κ2) is 6.43. The molecular formula is C15H14F3NO. The van der Waals surface area contributed by atoms with Crippen LogP contribution in [0.15, 0.2) is 42.5 Å². The molecule has 0 bridgehead atoms. The minimum atomic E-state index is -0.899. The standard InChI is InChI=1S/C15H14F3NO/c1-19-14(12-3-2-4-13(17)15(12)18)9-20-11-7-5-10(16)6-8-11/h2-8,14,19H,9H2,1H3. The molecular weight excluding hydrogens is 267 g/mol. The average Bonchev–Trinajstić information content (AvgIpc) is 2.45. The van der Waals surface area contributed by atoms with Crippen molar-refractivity contribution in [3.63, 3.8) is 0 Å². The maximum absolute atomic E-state index is 13.7. The minimum absolute atomic E-state index is 0.0997. The van der Waals surface area contributed by atoms with Gasteiger partial charge in [0.15, 0.2) is 11.6 Å². The maximum atomic E-state index is 13.7. The van der Waals surface area contributed by atoms with Crippen LogP contribution in [0.2, 0.25) is 0 Å². The Kier molecular flexibility index (Phi) is 4.63. The molecule has 0 spiro atoms. The van der Waals surface area contributed by atoms with Crippen LogP contribution in [0.5, 0.6) is 5.75 Å². The number of hydrogen-bond acceptors (Lipinski definition) is 2. The molecule has 2 aromatic rings. The zero-order valence-corrected chi connectivity index (χ0v) is 10.9. The number of ether oxygens (including phenoxy) is 1. The first-order valence-electron chi connectivity index (χ1n) is 6.11. The molecule has 0 aromatic heterocycles. The average molecular weight is 281 g/mol. The summed E-state index contributed by atoms with van der Waals surface area (Å²) >= 11 is 0. The number of nitrogens with one attached hydrogen (secondary N) is 1. The fourth-order valence-corrected chi connectivity index (χ4v) is 1.83. The third kappa shape index (κ3) is 3.30. The first-order chi connectivity index (χ1) is 9.61. The van der Waals surface area contributed by atoms with Gasteiger partial charge in [-0.3, -0.25) is 0 Å². The lowest BCUT2D eigenvalue weighted by Gasteiger charge is -2.18. The van der Waals surface area contributed by atoms with Crippen LogP contribution < -0.4 is 10.1 Å². The fourth-order valence-electron chi connectivity index (χ4n) is 1.83. The highest BCUT2D eigenvalue weighted by atomic mass is 19.2. The van der Waals surface area contributed by atoms with Gasteiger partial charge in [0.1, 0.15) is 18.2 Å². The van der Waals surface area contributed by atoms with Gasteiger partial charge in [-0.05, 0) is 37.4 Å². The van der Waals surface area contributed by atoms with Crippen LogP contribution in [0.25, 0.3) is 0 Å². The molecule has 0 aliphatic carbocycles. The molecule has 2 rings (SSSR count). The Labute approximate surface area is 115 Å². The van der Waals surface area contributed by atoms with Crippen molar-refractivity contribution >= 4 is 0 Å². The summed E-state index contributed by atoms with van der Waals surface area (Å²) in [5.41, 5.74) is 0.189. The van der Waals surface area contributed by atoms with Crippen LogP contribution in [0.4, 0.5) is 13.2 Å². The molecule has 5 heteroatoms. The Balaban J connectivity index is 2.09. The van der Waals surface area contributed by atoms with Crippen LogP contribution in [-0.2, 0) is 0 Å². The third-order valence-corrected chi connectivity index (χ3v) is 2.94. The normalized spacial score (nSPS) is 12.2. The van der Waals surface area contributed by atoms with Crippen molar-refractivity contribution in [1.82, 2.24) is 5.32 Å². The molecule has 0 fully saturated rings. The minimum Gasteiger partial charge on any atom is -0.492 e. The van der Waals surface area contributed by atoms with Crippen molar-refractivity contribution in [1.29, 1.82) is 0 Å². The smallest absolute Gasteiger partial charge is 0.163 e. The van der Waals surface area contributed by atoms with Gasteiger partial charge in [-0.2, -0.15) is 0 Å². The summed E-state index contributed by atoms with van der Waals surface area (Å²) in [6.07, 6.45) is 0.